The molecule has 8 atom stereocenters. The van der Waals surface area contributed by atoms with E-state index in [2.05, 4.69) is 99.5 Å². The van der Waals surface area contributed by atoms with E-state index in [9.17, 15) is 9.59 Å². The van der Waals surface area contributed by atoms with Gasteiger partial charge in [0, 0.05) is 18.8 Å². The van der Waals surface area contributed by atoms with Gasteiger partial charge in [0.2, 0.25) is 0 Å². The summed E-state index contributed by atoms with van der Waals surface area (Å²) in [6.07, 6.45) is 11.3. The van der Waals surface area contributed by atoms with Crippen LogP contribution in [0.25, 0.3) is 0 Å². The van der Waals surface area contributed by atoms with E-state index >= 15 is 0 Å². The first-order chi connectivity index (χ1) is 24.2. The fourth-order valence-corrected chi connectivity index (χ4v) is 9.95. The molecule has 290 valence electrons. The van der Waals surface area contributed by atoms with Crippen molar-refractivity contribution in [2.75, 3.05) is 0 Å². The number of allylic oxidation sites excluding steroid dienone is 3. The summed E-state index contributed by atoms with van der Waals surface area (Å²) in [4.78, 5) is 26.9. The van der Waals surface area contributed by atoms with Gasteiger partial charge in [0.15, 0.2) is 22.7 Å². The second-order valence-corrected chi connectivity index (χ2v) is 28.0. The molecule has 1 aromatic rings. The lowest BCUT2D eigenvalue weighted by molar-refractivity contribution is -0.164. The van der Waals surface area contributed by atoms with E-state index in [4.69, 9.17) is 23.1 Å². The molecule has 0 N–H and O–H groups in total. The van der Waals surface area contributed by atoms with Crippen molar-refractivity contribution in [2.24, 2.45) is 17.8 Å². The number of fused-ring (bicyclic) bond motifs is 1. The van der Waals surface area contributed by atoms with Gasteiger partial charge in [-0.25, -0.2) is 4.79 Å². The number of ether oxygens (including phenoxy) is 3. The summed E-state index contributed by atoms with van der Waals surface area (Å²) in [5.74, 6) is 0.599. The first kappa shape index (κ1) is 42.3. The highest BCUT2D eigenvalue weighted by Crippen LogP contribution is 2.47. The highest BCUT2D eigenvalue weighted by Gasteiger charge is 2.47. The summed E-state index contributed by atoms with van der Waals surface area (Å²) in [7, 11) is -4.17. The van der Waals surface area contributed by atoms with Gasteiger partial charge in [-0.3, -0.25) is 4.79 Å². The fourth-order valence-electron chi connectivity index (χ4n) is 7.31. The van der Waals surface area contributed by atoms with Crippen LogP contribution in [0.5, 0.6) is 5.75 Å². The smallest absolute Gasteiger partial charge is 0.347 e. The van der Waals surface area contributed by atoms with E-state index in [0.717, 1.165) is 18.4 Å². The number of cyclic esters (lactones) is 1. The fraction of sp³-hybridized carbons (Fsp3) is 0.674. The van der Waals surface area contributed by atoms with Crippen LogP contribution < -0.4 is 4.74 Å². The number of rotatable bonds is 14. The largest absolute Gasteiger partial charge is 0.478 e. The number of para-hydroxylation sites is 1. The first-order valence-corrected chi connectivity index (χ1v) is 25.5. The molecule has 3 aliphatic rings. The van der Waals surface area contributed by atoms with E-state index in [1.165, 1.54) is 5.57 Å². The second kappa shape index (κ2) is 16.9. The van der Waals surface area contributed by atoms with Gasteiger partial charge in [0.1, 0.15) is 18.0 Å². The maximum absolute atomic E-state index is 14.1. The maximum atomic E-state index is 14.1. The van der Waals surface area contributed by atoms with Crippen LogP contribution in [0.3, 0.4) is 0 Å². The van der Waals surface area contributed by atoms with Crippen molar-refractivity contribution in [3.8, 4) is 5.75 Å². The number of hydrogen-bond acceptors (Lipinski definition) is 7. The van der Waals surface area contributed by atoms with Crippen molar-refractivity contribution >= 4 is 28.6 Å². The van der Waals surface area contributed by atoms with Crippen molar-refractivity contribution in [2.45, 2.75) is 167 Å². The molecule has 0 saturated carbocycles. The van der Waals surface area contributed by atoms with Crippen molar-refractivity contribution in [1.82, 2.24) is 0 Å². The molecule has 1 saturated heterocycles. The van der Waals surface area contributed by atoms with Gasteiger partial charge in [-0.15, -0.1) is 6.58 Å². The Labute approximate surface area is 317 Å². The number of benzene rings is 1. The van der Waals surface area contributed by atoms with E-state index in [-0.39, 0.29) is 64.2 Å². The van der Waals surface area contributed by atoms with Gasteiger partial charge in [0.25, 0.3) is 0 Å². The zero-order chi connectivity index (χ0) is 38.6. The second-order valence-electron chi connectivity index (χ2n) is 18.4. The monoisotopic (exact) mass is 752 g/mol. The minimum absolute atomic E-state index is 0.00709. The van der Waals surface area contributed by atoms with E-state index < -0.39 is 22.7 Å². The van der Waals surface area contributed by atoms with Gasteiger partial charge in [0.05, 0.1) is 18.6 Å². The number of esters is 2. The third-order valence-corrected chi connectivity index (χ3v) is 21.5. The normalized spacial score (nSPS) is 27.6. The van der Waals surface area contributed by atoms with Crippen LogP contribution in [0.2, 0.25) is 36.3 Å². The quantitative estimate of drug-likeness (QED) is 0.106. The Morgan fingerprint density at radius 1 is 1.00 bits per heavy atom. The van der Waals surface area contributed by atoms with E-state index in [0.29, 0.717) is 37.9 Å². The van der Waals surface area contributed by atoms with Crippen molar-refractivity contribution in [1.29, 1.82) is 0 Å². The molecule has 1 fully saturated rings. The molecule has 4 rings (SSSR count). The Morgan fingerprint density at radius 3 is 2.29 bits per heavy atom. The van der Waals surface area contributed by atoms with Crippen molar-refractivity contribution in [3.05, 3.63) is 66.3 Å². The summed E-state index contributed by atoms with van der Waals surface area (Å²) in [5, 5.41) is 0.102. The molecule has 0 radical (unpaired) electrons. The average Bonchev–Trinajstić information content (AvgIpc) is 3.02. The zero-order valence-corrected chi connectivity index (χ0v) is 36.3. The zero-order valence-electron chi connectivity index (χ0n) is 34.3. The minimum Gasteiger partial charge on any atom is -0.478 e. The van der Waals surface area contributed by atoms with Crippen molar-refractivity contribution < 1.29 is 32.7 Å². The molecular weight excluding hydrogens is 685 g/mol. The molecular formula is C43H68O7Si2. The molecule has 9 heteroatoms. The van der Waals surface area contributed by atoms with Crippen LogP contribution in [-0.2, 0) is 34.3 Å². The van der Waals surface area contributed by atoms with Crippen LogP contribution in [-0.4, -0.2) is 59.1 Å². The van der Waals surface area contributed by atoms with Gasteiger partial charge in [-0.05, 0) is 91.0 Å². The molecule has 0 aromatic heterocycles. The first-order valence-electron chi connectivity index (χ1n) is 19.7. The van der Waals surface area contributed by atoms with Crippen LogP contribution >= 0.6 is 0 Å². The maximum Gasteiger partial charge on any atom is 0.347 e. The van der Waals surface area contributed by atoms with Crippen LogP contribution in [0.15, 0.2) is 60.7 Å². The molecule has 7 nitrogen and oxygen atoms in total. The molecule has 0 bridgehead atoms. The Bertz CT molecular complexity index is 1470. The predicted octanol–water partition coefficient (Wildman–Crippen LogP) is 10.5. The lowest BCUT2D eigenvalue weighted by Crippen LogP contribution is -2.49. The third kappa shape index (κ3) is 10.4. The summed E-state index contributed by atoms with van der Waals surface area (Å²) in [6.45, 7) is 30.6. The van der Waals surface area contributed by atoms with Gasteiger partial charge < -0.3 is 23.1 Å². The topological polar surface area (TPSA) is 80.3 Å². The van der Waals surface area contributed by atoms with Crippen LogP contribution in [0.4, 0.5) is 0 Å². The highest BCUT2D eigenvalue weighted by atomic mass is 28.4. The Kier molecular flexibility index (Phi) is 13.7. The van der Waals surface area contributed by atoms with Gasteiger partial charge in [-0.1, -0.05) is 97.9 Å². The molecule has 1 aromatic carbocycles. The Morgan fingerprint density at radius 2 is 1.65 bits per heavy atom. The molecule has 1 heterocycles. The summed E-state index contributed by atoms with van der Waals surface area (Å²) >= 11 is 0. The molecule has 2 aliphatic carbocycles. The van der Waals surface area contributed by atoms with Gasteiger partial charge >= 0.3 is 11.9 Å². The molecule has 0 amide bonds. The van der Waals surface area contributed by atoms with E-state index in [1.54, 1.807) is 0 Å². The summed E-state index contributed by atoms with van der Waals surface area (Å²) in [6, 6.07) is 7.80. The molecule has 52 heavy (non-hydrogen) atoms. The SMILES string of the molecule is C=CCc1ccccc1OC(CC)C(=O)O[C@H]1C[C@H](O[Si](C)(C)C(C)(C)C)C=C2C=C[C@H](C)[C@H](CC[C@@H]3C[C@@H](O[Si](C)(C)C(C)(C)C)CC(=O)O3)[C@H]21. The average molecular weight is 753 g/mol. The summed E-state index contributed by atoms with van der Waals surface area (Å²) < 4.78 is 32.6. The molecule has 1 aliphatic heterocycles. The third-order valence-electron chi connectivity index (χ3n) is 12.4. The number of carbonyl (C=O) groups is 2. The predicted molar refractivity (Wildman–Crippen MR) is 215 cm³/mol. The minimum atomic E-state index is -2.12. The summed E-state index contributed by atoms with van der Waals surface area (Å²) in [5.41, 5.74) is 2.15. The highest BCUT2D eigenvalue weighted by molar-refractivity contribution is 6.74. The number of hydrogen-bond donors (Lipinski definition) is 0. The standard InChI is InChI=1S/C43H68O7Si2/c1-14-18-30-19-16-17-20-37(30)47-36(15-2)41(45)48-38-27-33(49-51(10,11)42(4,5)6)25-31-22-21-29(3)35(40(31)38)24-23-32-26-34(28-39(44)46-32)50-52(12,13)43(7,8)9/h14,16-17,19-22,25,29,32-36,38,40H,1,15,18,23-24,26-28H2,2-13H3/t29-,32+,33+,34+,35-,36?,38-,40-/m0/s1. The van der Waals surface area contributed by atoms with Crippen LogP contribution in [0.1, 0.15) is 99.5 Å². The lowest BCUT2D eigenvalue weighted by Gasteiger charge is -2.46. The van der Waals surface area contributed by atoms with E-state index in [1.807, 2.05) is 37.3 Å². The molecule has 1 unspecified atom stereocenters. The van der Waals surface area contributed by atoms with Crippen LogP contribution in [0, 0.1) is 17.8 Å². The molecule has 0 spiro atoms. The Balaban J connectivity index is 1.58. The van der Waals surface area contributed by atoms with Gasteiger partial charge in [-0.2, -0.15) is 0 Å². The number of carbonyl (C=O) groups excluding carboxylic acids is 2. The Hall–Kier alpha value is -2.47. The lowest BCUT2D eigenvalue weighted by atomic mass is 9.66. The van der Waals surface area contributed by atoms with Crippen molar-refractivity contribution in [3.63, 3.8) is 0 Å².